The van der Waals surface area contributed by atoms with Gasteiger partial charge in [0.05, 0.1) is 6.61 Å². The molecule has 1 radical (unpaired) electrons. The van der Waals surface area contributed by atoms with Crippen molar-refractivity contribution >= 4 is 11.6 Å². The van der Waals surface area contributed by atoms with Gasteiger partial charge in [0.15, 0.2) is 0 Å². The van der Waals surface area contributed by atoms with E-state index in [1.165, 1.54) is 0 Å². The summed E-state index contributed by atoms with van der Waals surface area (Å²) in [4.78, 5) is 0. The van der Waals surface area contributed by atoms with Crippen molar-refractivity contribution in [2.24, 2.45) is 0 Å². The van der Waals surface area contributed by atoms with E-state index >= 15 is 0 Å². The van der Waals surface area contributed by atoms with Gasteiger partial charge in [0.1, 0.15) is 0 Å². The van der Waals surface area contributed by atoms with Gasteiger partial charge in [0.2, 0.25) is 0 Å². The summed E-state index contributed by atoms with van der Waals surface area (Å²) < 4.78 is 4.91. The Morgan fingerprint density at radius 1 is 1.70 bits per heavy atom. The van der Waals surface area contributed by atoms with Crippen molar-refractivity contribution in [1.82, 2.24) is 0 Å². The monoisotopic (exact) mass is 155 g/mol. The second kappa shape index (κ2) is 3.59. The molecule has 0 fully saturated rings. The number of rotatable bonds is 2. The predicted molar refractivity (Wildman–Crippen MR) is 41.0 cm³/mol. The van der Waals surface area contributed by atoms with Crippen LogP contribution in [0, 0.1) is 6.07 Å². The SMILES string of the molecule is COCc1cc[c]cc1Cl. The lowest BCUT2D eigenvalue weighted by Gasteiger charge is -1.99. The molecule has 0 atom stereocenters. The van der Waals surface area contributed by atoms with Crippen molar-refractivity contribution in [1.29, 1.82) is 0 Å². The van der Waals surface area contributed by atoms with Gasteiger partial charge in [0.25, 0.3) is 0 Å². The second-order valence-corrected chi connectivity index (χ2v) is 2.36. The van der Waals surface area contributed by atoms with Crippen LogP contribution in [0.15, 0.2) is 18.2 Å². The van der Waals surface area contributed by atoms with Gasteiger partial charge in [-0.05, 0) is 17.7 Å². The summed E-state index contributed by atoms with van der Waals surface area (Å²) >= 11 is 5.79. The van der Waals surface area contributed by atoms with Crippen LogP contribution in [0.3, 0.4) is 0 Å². The summed E-state index contributed by atoms with van der Waals surface area (Å²) in [7, 11) is 1.65. The van der Waals surface area contributed by atoms with Gasteiger partial charge >= 0.3 is 0 Å². The van der Waals surface area contributed by atoms with Crippen molar-refractivity contribution in [3.8, 4) is 0 Å². The maximum Gasteiger partial charge on any atom is 0.0727 e. The van der Waals surface area contributed by atoms with Crippen LogP contribution < -0.4 is 0 Å². The molecule has 0 saturated heterocycles. The number of hydrogen-bond donors (Lipinski definition) is 0. The van der Waals surface area contributed by atoms with Gasteiger partial charge in [-0.3, -0.25) is 0 Å². The summed E-state index contributed by atoms with van der Waals surface area (Å²) in [5, 5.41) is 0.712. The lowest BCUT2D eigenvalue weighted by atomic mass is 10.2. The van der Waals surface area contributed by atoms with Gasteiger partial charge in [-0.15, -0.1) is 0 Å². The van der Waals surface area contributed by atoms with Crippen LogP contribution in [0.4, 0.5) is 0 Å². The number of ether oxygens (including phenoxy) is 1. The van der Waals surface area contributed by atoms with E-state index in [1.54, 1.807) is 13.2 Å². The molecule has 10 heavy (non-hydrogen) atoms. The van der Waals surface area contributed by atoms with Crippen LogP contribution in [-0.4, -0.2) is 7.11 Å². The molecule has 0 N–H and O–H groups in total. The Balaban J connectivity index is 2.81. The highest BCUT2D eigenvalue weighted by atomic mass is 35.5. The Bertz CT molecular complexity index is 210. The van der Waals surface area contributed by atoms with E-state index < -0.39 is 0 Å². The summed E-state index contributed by atoms with van der Waals surface area (Å²) in [6.45, 7) is 0.563. The fourth-order valence-corrected chi connectivity index (χ4v) is 0.895. The van der Waals surface area contributed by atoms with Gasteiger partial charge in [-0.2, -0.15) is 0 Å². The molecule has 1 nitrogen and oxygen atoms in total. The summed E-state index contributed by atoms with van der Waals surface area (Å²) in [6.07, 6.45) is 0. The first kappa shape index (κ1) is 7.58. The van der Waals surface area contributed by atoms with E-state index in [9.17, 15) is 0 Å². The topological polar surface area (TPSA) is 9.23 Å². The minimum Gasteiger partial charge on any atom is -0.380 e. The molecule has 0 aliphatic rings. The third-order valence-corrected chi connectivity index (χ3v) is 1.55. The first-order chi connectivity index (χ1) is 4.84. The maximum atomic E-state index is 5.79. The molecule has 0 aliphatic heterocycles. The molecule has 0 unspecified atom stereocenters. The van der Waals surface area contributed by atoms with Gasteiger partial charge in [0, 0.05) is 12.1 Å². The van der Waals surface area contributed by atoms with Crippen LogP contribution in [0.1, 0.15) is 5.56 Å². The van der Waals surface area contributed by atoms with E-state index in [-0.39, 0.29) is 0 Å². The minimum atomic E-state index is 0.563. The van der Waals surface area contributed by atoms with Crippen LogP contribution >= 0.6 is 11.6 Å². The molecule has 0 heterocycles. The highest BCUT2D eigenvalue weighted by molar-refractivity contribution is 6.31. The third-order valence-electron chi connectivity index (χ3n) is 1.20. The van der Waals surface area contributed by atoms with Crippen molar-refractivity contribution < 1.29 is 4.74 Å². The third kappa shape index (κ3) is 1.72. The second-order valence-electron chi connectivity index (χ2n) is 1.95. The number of methoxy groups -OCH3 is 1. The molecule has 0 spiro atoms. The smallest absolute Gasteiger partial charge is 0.0727 e. The summed E-state index contributed by atoms with van der Waals surface area (Å²) in [5.41, 5.74) is 1.00. The van der Waals surface area contributed by atoms with Crippen molar-refractivity contribution in [3.63, 3.8) is 0 Å². The Kier molecular flexibility index (Phi) is 2.72. The average Bonchev–Trinajstić information content (AvgIpc) is 1.94. The molecule has 0 saturated carbocycles. The zero-order valence-corrected chi connectivity index (χ0v) is 6.48. The molecule has 1 rings (SSSR count). The molecular formula is C8H8ClO. The molecule has 0 amide bonds. The van der Waals surface area contributed by atoms with Gasteiger partial charge in [-0.25, -0.2) is 0 Å². The predicted octanol–water partition coefficient (Wildman–Crippen LogP) is 2.29. The van der Waals surface area contributed by atoms with E-state index in [1.807, 2.05) is 12.1 Å². The molecule has 0 aliphatic carbocycles. The van der Waals surface area contributed by atoms with E-state index in [4.69, 9.17) is 16.3 Å². The molecular weight excluding hydrogens is 148 g/mol. The van der Waals surface area contributed by atoms with Crippen LogP contribution in [0.2, 0.25) is 5.02 Å². The zero-order chi connectivity index (χ0) is 7.40. The minimum absolute atomic E-state index is 0.563. The van der Waals surface area contributed by atoms with E-state index in [2.05, 4.69) is 6.07 Å². The van der Waals surface area contributed by atoms with Crippen molar-refractivity contribution in [3.05, 3.63) is 34.9 Å². The fourth-order valence-electron chi connectivity index (χ4n) is 0.715. The Morgan fingerprint density at radius 3 is 3.10 bits per heavy atom. The van der Waals surface area contributed by atoms with Gasteiger partial charge in [-0.1, -0.05) is 23.7 Å². The Morgan fingerprint density at radius 2 is 2.50 bits per heavy atom. The highest BCUT2D eigenvalue weighted by Crippen LogP contribution is 2.14. The average molecular weight is 156 g/mol. The van der Waals surface area contributed by atoms with Crippen molar-refractivity contribution in [2.45, 2.75) is 6.61 Å². The largest absolute Gasteiger partial charge is 0.380 e. The van der Waals surface area contributed by atoms with Crippen LogP contribution in [0.25, 0.3) is 0 Å². The van der Waals surface area contributed by atoms with E-state index in [0.717, 1.165) is 5.56 Å². The van der Waals surface area contributed by atoms with Crippen molar-refractivity contribution in [2.75, 3.05) is 7.11 Å². The summed E-state index contributed by atoms with van der Waals surface area (Å²) in [5.74, 6) is 0. The molecule has 1 aromatic carbocycles. The van der Waals surface area contributed by atoms with Crippen LogP contribution in [0.5, 0.6) is 0 Å². The first-order valence-corrected chi connectivity index (χ1v) is 3.36. The van der Waals surface area contributed by atoms with E-state index in [0.29, 0.717) is 11.6 Å². The van der Waals surface area contributed by atoms with Gasteiger partial charge < -0.3 is 4.74 Å². The lowest BCUT2D eigenvalue weighted by Crippen LogP contribution is -1.87. The Hall–Kier alpha value is -0.530. The van der Waals surface area contributed by atoms with Crippen LogP contribution in [-0.2, 0) is 11.3 Å². The zero-order valence-electron chi connectivity index (χ0n) is 5.73. The normalized spacial score (nSPS) is 9.80. The molecule has 0 aromatic heterocycles. The number of benzene rings is 1. The fraction of sp³-hybridized carbons (Fsp3) is 0.250. The molecule has 2 heteroatoms. The summed E-state index contributed by atoms with van der Waals surface area (Å²) in [6, 6.07) is 8.32. The molecule has 53 valence electrons. The number of halogens is 1. The Labute approximate surface area is 65.6 Å². The maximum absolute atomic E-state index is 5.79. The number of hydrogen-bond acceptors (Lipinski definition) is 1. The first-order valence-electron chi connectivity index (χ1n) is 2.98. The standard InChI is InChI=1S/C8H8ClO/c1-10-6-7-4-2-3-5-8(7)9/h2,4-5H,6H2,1H3. The molecule has 0 bridgehead atoms. The highest BCUT2D eigenvalue weighted by Gasteiger charge is 1.95. The molecule has 1 aromatic rings. The quantitative estimate of drug-likeness (QED) is 0.637. The lowest BCUT2D eigenvalue weighted by molar-refractivity contribution is 0.185.